The van der Waals surface area contributed by atoms with Crippen molar-refractivity contribution in [2.24, 2.45) is 0 Å². The van der Waals surface area contributed by atoms with E-state index in [-0.39, 0.29) is 0 Å². The number of aliphatic carboxylic acids is 1. The summed E-state index contributed by atoms with van der Waals surface area (Å²) in [5, 5.41) is 17.1. The fraction of sp³-hybridized carbons (Fsp3) is 0.533. The van der Waals surface area contributed by atoms with Gasteiger partial charge in [0.25, 0.3) is 0 Å². The first-order valence-electron chi connectivity index (χ1n) is 7.29. The third-order valence-electron chi connectivity index (χ3n) is 3.97. The van der Waals surface area contributed by atoms with E-state index in [0.29, 0.717) is 24.6 Å². The molecule has 0 radical (unpaired) electrons. The molecule has 0 aliphatic carbocycles. The van der Waals surface area contributed by atoms with Crippen molar-refractivity contribution < 1.29 is 9.90 Å². The summed E-state index contributed by atoms with van der Waals surface area (Å²) >= 11 is 0. The number of nitrogens with zero attached hydrogens (tertiary/aromatic N) is 3. The van der Waals surface area contributed by atoms with Crippen LogP contribution in [0.5, 0.6) is 0 Å². The molecule has 0 aliphatic rings. The Hall–Kier alpha value is -2.11. The average Bonchev–Trinajstić information content (AvgIpc) is 2.89. The second-order valence-electron chi connectivity index (χ2n) is 5.55. The lowest BCUT2D eigenvalue weighted by Crippen LogP contribution is -2.45. The summed E-state index contributed by atoms with van der Waals surface area (Å²) in [5.74, 6) is 0.00207. The molecule has 0 saturated heterocycles. The first kappa shape index (κ1) is 15.3. The first-order chi connectivity index (χ1) is 9.93. The molecule has 0 aromatic carbocycles. The molecule has 0 bridgehead atoms. The van der Waals surface area contributed by atoms with E-state index in [4.69, 9.17) is 0 Å². The minimum Gasteiger partial charge on any atom is -0.480 e. The number of aromatic nitrogens is 3. The van der Waals surface area contributed by atoms with Crippen LogP contribution >= 0.6 is 0 Å². The number of hydrogen-bond acceptors (Lipinski definition) is 4. The molecule has 2 heterocycles. The van der Waals surface area contributed by atoms with Crippen molar-refractivity contribution in [1.82, 2.24) is 14.6 Å². The van der Waals surface area contributed by atoms with Crippen molar-refractivity contribution >= 4 is 17.3 Å². The zero-order chi connectivity index (χ0) is 15.6. The summed E-state index contributed by atoms with van der Waals surface area (Å²) in [7, 11) is 0. The van der Waals surface area contributed by atoms with E-state index in [2.05, 4.69) is 29.2 Å². The van der Waals surface area contributed by atoms with Crippen molar-refractivity contribution in [2.75, 3.05) is 5.32 Å². The normalized spacial score (nSPS) is 12.0. The Morgan fingerprint density at radius 2 is 2.10 bits per heavy atom. The standard InChI is InChI=1S/C15H22N4O2/c1-5-15(6-2,14(20)21)17-13-12-9-11(10(3)4)18-19(12)8-7-16-13/h7-10H,5-6H2,1-4H3,(H,16,17)(H,20,21). The Morgan fingerprint density at radius 3 is 2.62 bits per heavy atom. The highest BCUT2D eigenvalue weighted by molar-refractivity contribution is 5.84. The van der Waals surface area contributed by atoms with Crippen LogP contribution in [-0.2, 0) is 4.79 Å². The molecule has 114 valence electrons. The average molecular weight is 290 g/mol. The van der Waals surface area contributed by atoms with Gasteiger partial charge in [0.1, 0.15) is 11.1 Å². The van der Waals surface area contributed by atoms with Gasteiger partial charge in [0.05, 0.1) is 5.69 Å². The summed E-state index contributed by atoms with van der Waals surface area (Å²) in [4.78, 5) is 15.9. The van der Waals surface area contributed by atoms with Gasteiger partial charge < -0.3 is 10.4 Å². The van der Waals surface area contributed by atoms with Crippen LogP contribution in [0.4, 0.5) is 5.82 Å². The highest BCUT2D eigenvalue weighted by Crippen LogP contribution is 2.26. The van der Waals surface area contributed by atoms with Crippen LogP contribution in [0.3, 0.4) is 0 Å². The van der Waals surface area contributed by atoms with Gasteiger partial charge in [-0.05, 0) is 24.8 Å². The van der Waals surface area contributed by atoms with E-state index in [1.807, 2.05) is 19.9 Å². The highest BCUT2D eigenvalue weighted by atomic mass is 16.4. The van der Waals surface area contributed by atoms with E-state index in [1.165, 1.54) is 0 Å². The summed E-state index contributed by atoms with van der Waals surface area (Å²) in [6.45, 7) is 7.87. The number of carboxylic acids is 1. The second kappa shape index (κ2) is 5.71. The monoisotopic (exact) mass is 290 g/mol. The Bertz CT molecular complexity index is 644. The molecule has 21 heavy (non-hydrogen) atoms. The van der Waals surface area contributed by atoms with Gasteiger partial charge in [0, 0.05) is 12.4 Å². The first-order valence-corrected chi connectivity index (χ1v) is 7.29. The second-order valence-corrected chi connectivity index (χ2v) is 5.55. The third kappa shape index (κ3) is 2.70. The molecule has 0 amide bonds. The van der Waals surface area contributed by atoms with E-state index in [0.717, 1.165) is 11.2 Å². The Kier molecular flexibility index (Phi) is 4.16. The van der Waals surface area contributed by atoms with Gasteiger partial charge in [-0.3, -0.25) is 0 Å². The molecule has 0 aliphatic heterocycles. The Labute approximate surface area is 124 Å². The molecule has 6 nitrogen and oxygen atoms in total. The van der Waals surface area contributed by atoms with E-state index in [9.17, 15) is 9.90 Å². The van der Waals surface area contributed by atoms with Crippen LogP contribution in [0.15, 0.2) is 18.5 Å². The number of carbonyl (C=O) groups is 1. The fourth-order valence-corrected chi connectivity index (χ4v) is 2.33. The van der Waals surface area contributed by atoms with Gasteiger partial charge in [-0.2, -0.15) is 5.10 Å². The molecule has 0 spiro atoms. The van der Waals surface area contributed by atoms with Crippen molar-refractivity contribution in [3.05, 3.63) is 24.2 Å². The van der Waals surface area contributed by atoms with Gasteiger partial charge in [-0.15, -0.1) is 0 Å². The van der Waals surface area contributed by atoms with Crippen LogP contribution in [-0.4, -0.2) is 31.2 Å². The maximum absolute atomic E-state index is 11.6. The van der Waals surface area contributed by atoms with Crippen LogP contribution in [0.1, 0.15) is 52.1 Å². The SMILES string of the molecule is CCC(CC)(Nc1nccn2nc(C(C)C)cc12)C(=O)O. The molecule has 2 aromatic rings. The van der Waals surface area contributed by atoms with Crippen molar-refractivity contribution in [3.8, 4) is 0 Å². The van der Waals surface area contributed by atoms with Crippen molar-refractivity contribution in [3.63, 3.8) is 0 Å². The van der Waals surface area contributed by atoms with Crippen LogP contribution in [0.2, 0.25) is 0 Å². The molecule has 2 N–H and O–H groups in total. The summed E-state index contributed by atoms with van der Waals surface area (Å²) < 4.78 is 1.74. The predicted octanol–water partition coefficient (Wildman–Crippen LogP) is 2.91. The number of rotatable bonds is 6. The molecular weight excluding hydrogens is 268 g/mol. The maximum atomic E-state index is 11.6. The van der Waals surface area contributed by atoms with E-state index in [1.54, 1.807) is 16.9 Å². The lowest BCUT2D eigenvalue weighted by molar-refractivity contribution is -0.142. The molecular formula is C15H22N4O2. The van der Waals surface area contributed by atoms with Crippen LogP contribution in [0, 0.1) is 0 Å². The van der Waals surface area contributed by atoms with Crippen LogP contribution < -0.4 is 5.32 Å². The number of hydrogen-bond donors (Lipinski definition) is 2. The molecule has 0 saturated carbocycles. The predicted molar refractivity (Wildman–Crippen MR) is 81.6 cm³/mol. The zero-order valence-electron chi connectivity index (χ0n) is 12.9. The van der Waals surface area contributed by atoms with Gasteiger partial charge in [0.15, 0.2) is 5.82 Å². The lowest BCUT2D eigenvalue weighted by atomic mass is 9.93. The largest absolute Gasteiger partial charge is 0.480 e. The number of fused-ring (bicyclic) bond motifs is 1. The zero-order valence-corrected chi connectivity index (χ0v) is 12.9. The molecule has 0 atom stereocenters. The number of carboxylic acid groups (broad SMARTS) is 1. The summed E-state index contributed by atoms with van der Waals surface area (Å²) in [5.41, 5.74) is 0.755. The third-order valence-corrected chi connectivity index (χ3v) is 3.97. The molecule has 0 unspecified atom stereocenters. The van der Waals surface area contributed by atoms with Crippen LogP contribution in [0.25, 0.3) is 5.52 Å². The summed E-state index contributed by atoms with van der Waals surface area (Å²) in [6, 6.07) is 1.96. The van der Waals surface area contributed by atoms with Gasteiger partial charge in [0.2, 0.25) is 0 Å². The molecule has 2 rings (SSSR count). The van der Waals surface area contributed by atoms with Crippen molar-refractivity contribution in [1.29, 1.82) is 0 Å². The van der Waals surface area contributed by atoms with E-state index >= 15 is 0 Å². The molecule has 2 aromatic heterocycles. The highest BCUT2D eigenvalue weighted by Gasteiger charge is 2.35. The van der Waals surface area contributed by atoms with Gasteiger partial charge in [-0.1, -0.05) is 27.7 Å². The quantitative estimate of drug-likeness (QED) is 0.855. The Morgan fingerprint density at radius 1 is 1.43 bits per heavy atom. The number of anilines is 1. The molecule has 6 heteroatoms. The summed E-state index contributed by atoms with van der Waals surface area (Å²) in [6.07, 6.45) is 4.36. The topological polar surface area (TPSA) is 79.5 Å². The fourth-order valence-electron chi connectivity index (χ4n) is 2.33. The Balaban J connectivity index is 2.49. The maximum Gasteiger partial charge on any atom is 0.329 e. The molecule has 0 fully saturated rings. The van der Waals surface area contributed by atoms with E-state index < -0.39 is 11.5 Å². The number of nitrogens with one attached hydrogen (secondary N) is 1. The minimum absolute atomic E-state index is 0.305. The lowest BCUT2D eigenvalue weighted by Gasteiger charge is -2.28. The smallest absolute Gasteiger partial charge is 0.329 e. The minimum atomic E-state index is -1.00. The van der Waals surface area contributed by atoms with Gasteiger partial charge >= 0.3 is 5.97 Å². The van der Waals surface area contributed by atoms with Crippen molar-refractivity contribution in [2.45, 2.75) is 52.0 Å². The van der Waals surface area contributed by atoms with Gasteiger partial charge in [-0.25, -0.2) is 14.3 Å².